The molecule has 18 heavy (non-hydrogen) atoms. The lowest BCUT2D eigenvalue weighted by atomic mass is 9.83. The van der Waals surface area contributed by atoms with Crippen LogP contribution in [-0.4, -0.2) is 35.6 Å². The van der Waals surface area contributed by atoms with Crippen molar-refractivity contribution < 1.29 is 0 Å². The van der Waals surface area contributed by atoms with Crippen LogP contribution in [0.5, 0.6) is 0 Å². The van der Waals surface area contributed by atoms with Crippen LogP contribution in [0.25, 0.3) is 0 Å². The monoisotopic (exact) mass is 252 g/mol. The third-order valence-corrected chi connectivity index (χ3v) is 5.72. The van der Waals surface area contributed by atoms with Gasteiger partial charge in [0.15, 0.2) is 0 Å². The smallest absolute Gasteiger partial charge is 0.0304 e. The summed E-state index contributed by atoms with van der Waals surface area (Å²) < 4.78 is 0. The van der Waals surface area contributed by atoms with Crippen LogP contribution in [0.1, 0.15) is 66.2 Å². The maximum atomic E-state index is 3.87. The highest BCUT2D eigenvalue weighted by atomic mass is 15.3. The van der Waals surface area contributed by atoms with Gasteiger partial charge in [0, 0.05) is 24.2 Å². The van der Waals surface area contributed by atoms with Crippen molar-refractivity contribution in [1.82, 2.24) is 10.2 Å². The standard InChI is InChI=1S/C16H32N2/c1-5-15(4)12-17-16(6-2,7-3)13-18(15)11-10-14-8-9-14/h14,17H,5-13H2,1-4H3. The first kappa shape index (κ1) is 14.3. The fraction of sp³-hybridized carbons (Fsp3) is 1.00. The highest BCUT2D eigenvalue weighted by Gasteiger charge is 2.42. The number of hydrogen-bond acceptors (Lipinski definition) is 2. The summed E-state index contributed by atoms with van der Waals surface area (Å²) in [6, 6.07) is 0. The molecule has 2 rings (SSSR count). The third kappa shape index (κ3) is 2.91. The normalized spacial score (nSPS) is 32.7. The van der Waals surface area contributed by atoms with Crippen molar-refractivity contribution in [2.45, 2.75) is 77.3 Å². The largest absolute Gasteiger partial charge is 0.308 e. The molecule has 0 spiro atoms. The van der Waals surface area contributed by atoms with Crippen LogP contribution in [0.2, 0.25) is 0 Å². The molecule has 0 amide bonds. The van der Waals surface area contributed by atoms with Crippen molar-refractivity contribution in [2.75, 3.05) is 19.6 Å². The van der Waals surface area contributed by atoms with Gasteiger partial charge in [0.1, 0.15) is 0 Å². The molecule has 0 bridgehead atoms. The van der Waals surface area contributed by atoms with Gasteiger partial charge in [0.25, 0.3) is 0 Å². The molecule has 0 aromatic carbocycles. The molecule has 106 valence electrons. The second-order valence-electron chi connectivity index (χ2n) is 6.85. The summed E-state index contributed by atoms with van der Waals surface area (Å²) in [6.45, 7) is 13.2. The van der Waals surface area contributed by atoms with E-state index in [4.69, 9.17) is 0 Å². The fourth-order valence-electron chi connectivity index (χ4n) is 3.27. The van der Waals surface area contributed by atoms with Gasteiger partial charge in [0.2, 0.25) is 0 Å². The SMILES string of the molecule is CCC1(CC)CN(CCC2CC2)C(C)(CC)CN1. The molecule has 1 saturated carbocycles. The average Bonchev–Trinajstić information content (AvgIpc) is 3.22. The van der Waals surface area contributed by atoms with Gasteiger partial charge in [-0.25, -0.2) is 0 Å². The number of hydrogen-bond donors (Lipinski definition) is 1. The van der Waals surface area contributed by atoms with E-state index < -0.39 is 0 Å². The lowest BCUT2D eigenvalue weighted by Gasteiger charge is -2.53. The van der Waals surface area contributed by atoms with E-state index in [1.54, 1.807) is 0 Å². The van der Waals surface area contributed by atoms with Crippen molar-refractivity contribution in [3.05, 3.63) is 0 Å². The molecule has 2 heteroatoms. The van der Waals surface area contributed by atoms with Gasteiger partial charge in [-0.3, -0.25) is 4.90 Å². The van der Waals surface area contributed by atoms with Crippen LogP contribution in [0, 0.1) is 5.92 Å². The second kappa shape index (κ2) is 5.50. The summed E-state index contributed by atoms with van der Waals surface area (Å²) in [6.07, 6.45) is 8.17. The summed E-state index contributed by atoms with van der Waals surface area (Å²) in [7, 11) is 0. The molecule has 1 atom stereocenters. The first-order valence-corrected chi connectivity index (χ1v) is 8.07. The molecule has 2 aliphatic rings. The lowest BCUT2D eigenvalue weighted by molar-refractivity contribution is 0.00745. The van der Waals surface area contributed by atoms with Gasteiger partial charge in [0.05, 0.1) is 0 Å². The number of nitrogens with one attached hydrogen (secondary N) is 1. The summed E-state index contributed by atoms with van der Waals surface area (Å²) in [5.41, 5.74) is 0.751. The predicted molar refractivity (Wildman–Crippen MR) is 78.9 cm³/mol. The molecule has 1 aliphatic carbocycles. The maximum absolute atomic E-state index is 3.87. The van der Waals surface area contributed by atoms with E-state index in [2.05, 4.69) is 37.9 Å². The minimum absolute atomic E-state index is 0.373. The van der Waals surface area contributed by atoms with E-state index in [0.29, 0.717) is 11.1 Å². The van der Waals surface area contributed by atoms with E-state index in [1.807, 2.05) is 0 Å². The fourth-order valence-corrected chi connectivity index (χ4v) is 3.27. The van der Waals surface area contributed by atoms with E-state index in [-0.39, 0.29) is 0 Å². The lowest BCUT2D eigenvalue weighted by Crippen LogP contribution is -2.68. The van der Waals surface area contributed by atoms with Crippen LogP contribution in [0.15, 0.2) is 0 Å². The molecule has 2 nitrogen and oxygen atoms in total. The Bertz CT molecular complexity index is 268. The van der Waals surface area contributed by atoms with Crippen molar-refractivity contribution >= 4 is 0 Å². The molecular formula is C16H32N2. The van der Waals surface area contributed by atoms with Crippen LogP contribution in [0.3, 0.4) is 0 Å². The molecule has 1 unspecified atom stereocenters. The Morgan fingerprint density at radius 3 is 2.28 bits per heavy atom. The van der Waals surface area contributed by atoms with Gasteiger partial charge in [-0.1, -0.05) is 33.6 Å². The Morgan fingerprint density at radius 1 is 1.11 bits per heavy atom. The maximum Gasteiger partial charge on any atom is 0.0304 e. The molecule has 1 heterocycles. The molecule has 1 aliphatic heterocycles. The Kier molecular flexibility index (Phi) is 4.38. The highest BCUT2D eigenvalue weighted by molar-refractivity contribution is 5.02. The zero-order valence-corrected chi connectivity index (χ0v) is 12.9. The molecule has 0 aromatic heterocycles. The molecule has 1 N–H and O–H groups in total. The van der Waals surface area contributed by atoms with E-state index >= 15 is 0 Å². The van der Waals surface area contributed by atoms with Crippen LogP contribution in [0.4, 0.5) is 0 Å². The Hall–Kier alpha value is -0.0800. The summed E-state index contributed by atoms with van der Waals surface area (Å²) in [5, 5.41) is 3.87. The summed E-state index contributed by atoms with van der Waals surface area (Å²) in [5.74, 6) is 1.05. The topological polar surface area (TPSA) is 15.3 Å². The van der Waals surface area contributed by atoms with Gasteiger partial charge in [-0.05, 0) is 45.1 Å². The molecule has 1 saturated heterocycles. The van der Waals surface area contributed by atoms with Crippen molar-refractivity contribution in [2.24, 2.45) is 5.92 Å². The minimum atomic E-state index is 0.373. The molecule has 0 aromatic rings. The van der Waals surface area contributed by atoms with E-state index in [0.717, 1.165) is 12.5 Å². The third-order valence-electron chi connectivity index (χ3n) is 5.72. The number of nitrogens with zero attached hydrogens (tertiary/aromatic N) is 1. The van der Waals surface area contributed by atoms with Gasteiger partial charge in [-0.15, -0.1) is 0 Å². The number of rotatable bonds is 6. The summed E-state index contributed by atoms with van der Waals surface area (Å²) >= 11 is 0. The average molecular weight is 252 g/mol. The van der Waals surface area contributed by atoms with Gasteiger partial charge in [-0.2, -0.15) is 0 Å². The number of piperazine rings is 1. The Labute approximate surface area is 114 Å². The van der Waals surface area contributed by atoms with Crippen LogP contribution < -0.4 is 5.32 Å². The predicted octanol–water partition coefficient (Wildman–Crippen LogP) is 3.42. The Morgan fingerprint density at radius 2 is 1.78 bits per heavy atom. The summed E-state index contributed by atoms with van der Waals surface area (Å²) in [4.78, 5) is 2.80. The molecule has 2 fully saturated rings. The minimum Gasteiger partial charge on any atom is -0.308 e. The zero-order valence-electron chi connectivity index (χ0n) is 12.9. The Balaban J connectivity index is 2.01. The van der Waals surface area contributed by atoms with E-state index in [1.165, 1.54) is 51.6 Å². The quantitative estimate of drug-likeness (QED) is 0.779. The first-order chi connectivity index (χ1) is 8.57. The van der Waals surface area contributed by atoms with Crippen molar-refractivity contribution in [1.29, 1.82) is 0 Å². The van der Waals surface area contributed by atoms with E-state index in [9.17, 15) is 0 Å². The zero-order chi connectivity index (χ0) is 13.2. The van der Waals surface area contributed by atoms with Crippen molar-refractivity contribution in [3.63, 3.8) is 0 Å². The molecular weight excluding hydrogens is 220 g/mol. The molecule has 0 radical (unpaired) electrons. The van der Waals surface area contributed by atoms with Gasteiger partial charge < -0.3 is 5.32 Å². The highest BCUT2D eigenvalue weighted by Crippen LogP contribution is 2.35. The van der Waals surface area contributed by atoms with Gasteiger partial charge >= 0.3 is 0 Å². The first-order valence-electron chi connectivity index (χ1n) is 8.07. The van der Waals surface area contributed by atoms with Crippen molar-refractivity contribution in [3.8, 4) is 0 Å². The van der Waals surface area contributed by atoms with Crippen LogP contribution >= 0.6 is 0 Å². The second-order valence-corrected chi connectivity index (χ2v) is 6.85. The van der Waals surface area contributed by atoms with Crippen LogP contribution in [-0.2, 0) is 0 Å².